The van der Waals surface area contributed by atoms with Crippen LogP contribution in [-0.4, -0.2) is 23.4 Å². The first-order valence-corrected chi connectivity index (χ1v) is 9.95. The van der Waals surface area contributed by atoms with Crippen LogP contribution in [0.25, 0.3) is 17.2 Å². The van der Waals surface area contributed by atoms with E-state index in [1.165, 1.54) is 35.6 Å². The van der Waals surface area contributed by atoms with Crippen molar-refractivity contribution < 1.29 is 19.2 Å². The maximum absolute atomic E-state index is 12.5. The first kappa shape index (κ1) is 20.9. The van der Waals surface area contributed by atoms with E-state index >= 15 is 0 Å². The first-order valence-electron chi connectivity index (χ1n) is 9.07. The molecule has 7 nitrogen and oxygen atoms in total. The van der Waals surface area contributed by atoms with E-state index in [2.05, 4.69) is 5.32 Å². The van der Waals surface area contributed by atoms with Gasteiger partial charge in [-0.15, -0.1) is 11.3 Å². The third kappa shape index (κ3) is 4.98. The van der Waals surface area contributed by atoms with Gasteiger partial charge in [-0.05, 0) is 24.1 Å². The highest BCUT2D eigenvalue weighted by Gasteiger charge is 2.22. The number of rotatable bonds is 7. The quantitative estimate of drug-likeness (QED) is 0.246. The lowest BCUT2D eigenvalue weighted by Crippen LogP contribution is -2.12. The molecule has 0 bridgehead atoms. The van der Waals surface area contributed by atoms with Crippen molar-refractivity contribution in [3.63, 3.8) is 0 Å². The Hall–Kier alpha value is -3.78. The predicted molar refractivity (Wildman–Crippen MR) is 116 cm³/mol. The smallest absolute Gasteiger partial charge is 0.341 e. The average molecular weight is 422 g/mol. The minimum Gasteiger partial charge on any atom is -0.462 e. The fraction of sp³-hybridized carbons (Fsp3) is 0.0909. The molecule has 2 aromatic carbocycles. The maximum atomic E-state index is 12.5. The van der Waals surface area contributed by atoms with E-state index in [0.29, 0.717) is 21.7 Å². The molecule has 0 saturated heterocycles. The zero-order valence-electron chi connectivity index (χ0n) is 16.0. The van der Waals surface area contributed by atoms with Crippen molar-refractivity contribution in [2.45, 2.75) is 6.92 Å². The monoisotopic (exact) mass is 422 g/mol. The van der Waals surface area contributed by atoms with Gasteiger partial charge in [0.15, 0.2) is 0 Å². The minimum atomic E-state index is -0.518. The second-order valence-electron chi connectivity index (χ2n) is 6.11. The van der Waals surface area contributed by atoms with Crippen LogP contribution >= 0.6 is 11.3 Å². The summed E-state index contributed by atoms with van der Waals surface area (Å²) in [6.45, 7) is 1.93. The number of benzene rings is 2. The first-order chi connectivity index (χ1) is 14.5. The predicted octanol–water partition coefficient (Wildman–Crippen LogP) is 5.15. The van der Waals surface area contributed by atoms with Gasteiger partial charge in [0.2, 0.25) is 5.91 Å². The van der Waals surface area contributed by atoms with Crippen molar-refractivity contribution in [1.82, 2.24) is 0 Å². The lowest BCUT2D eigenvalue weighted by Gasteiger charge is -2.07. The normalized spacial score (nSPS) is 10.7. The van der Waals surface area contributed by atoms with E-state index in [1.807, 2.05) is 30.3 Å². The average Bonchev–Trinajstić information content (AvgIpc) is 3.17. The zero-order chi connectivity index (χ0) is 21.5. The van der Waals surface area contributed by atoms with Crippen LogP contribution in [0.2, 0.25) is 0 Å². The molecule has 8 heteroatoms. The second-order valence-corrected chi connectivity index (χ2v) is 6.99. The number of thiophene rings is 1. The Morgan fingerprint density at radius 1 is 1.17 bits per heavy atom. The number of hydrogen-bond donors (Lipinski definition) is 1. The van der Waals surface area contributed by atoms with Gasteiger partial charge in [-0.25, -0.2) is 4.79 Å². The van der Waals surface area contributed by atoms with E-state index < -0.39 is 16.8 Å². The van der Waals surface area contributed by atoms with Crippen LogP contribution in [0.4, 0.5) is 10.7 Å². The third-order valence-corrected chi connectivity index (χ3v) is 5.00. The van der Waals surface area contributed by atoms with Gasteiger partial charge in [-0.3, -0.25) is 14.9 Å². The van der Waals surface area contributed by atoms with Gasteiger partial charge in [-0.2, -0.15) is 0 Å². The van der Waals surface area contributed by atoms with E-state index in [1.54, 1.807) is 24.4 Å². The van der Waals surface area contributed by atoms with Crippen molar-refractivity contribution in [3.05, 3.63) is 87.3 Å². The molecule has 0 unspecified atom stereocenters. The fourth-order valence-electron chi connectivity index (χ4n) is 2.75. The van der Waals surface area contributed by atoms with Crippen LogP contribution in [0.3, 0.4) is 0 Å². The lowest BCUT2D eigenvalue weighted by molar-refractivity contribution is -0.384. The van der Waals surface area contributed by atoms with Gasteiger partial charge in [0.1, 0.15) is 10.6 Å². The summed E-state index contributed by atoms with van der Waals surface area (Å²) >= 11 is 1.23. The van der Waals surface area contributed by atoms with Gasteiger partial charge < -0.3 is 10.1 Å². The number of nitro groups is 1. The van der Waals surface area contributed by atoms with Crippen LogP contribution in [0.15, 0.2) is 66.1 Å². The number of amides is 1. The SMILES string of the molecule is CCOC(=O)c1c(-c2ccccc2)csc1NC(=O)C=Cc1cccc([N+](=O)[O-])c1. The number of hydrogen-bond acceptors (Lipinski definition) is 6. The van der Waals surface area contributed by atoms with Crippen molar-refractivity contribution in [3.8, 4) is 11.1 Å². The van der Waals surface area contributed by atoms with Crippen LogP contribution in [0.5, 0.6) is 0 Å². The molecule has 0 atom stereocenters. The minimum absolute atomic E-state index is 0.0621. The number of esters is 1. The molecule has 1 aromatic heterocycles. The summed E-state index contributed by atoms with van der Waals surface area (Å²) in [7, 11) is 0. The van der Waals surface area contributed by atoms with Gasteiger partial charge in [0.25, 0.3) is 5.69 Å². The fourth-order valence-corrected chi connectivity index (χ4v) is 3.71. The zero-order valence-corrected chi connectivity index (χ0v) is 16.8. The molecule has 0 aliphatic heterocycles. The largest absolute Gasteiger partial charge is 0.462 e. The Bertz CT molecular complexity index is 1110. The number of ether oxygens (including phenoxy) is 1. The molecule has 1 heterocycles. The van der Waals surface area contributed by atoms with Crippen molar-refractivity contribution in [1.29, 1.82) is 0 Å². The molecular formula is C22H18N2O5S. The Morgan fingerprint density at radius 3 is 2.63 bits per heavy atom. The Balaban J connectivity index is 1.84. The second kappa shape index (κ2) is 9.62. The van der Waals surface area contributed by atoms with Crippen molar-refractivity contribution >= 4 is 40.0 Å². The summed E-state index contributed by atoms with van der Waals surface area (Å²) in [5.74, 6) is -0.982. The highest BCUT2D eigenvalue weighted by molar-refractivity contribution is 7.15. The standard InChI is InChI=1S/C22H18N2O5S/c1-2-29-22(26)20-18(16-8-4-3-5-9-16)14-30-21(20)23-19(25)12-11-15-7-6-10-17(13-15)24(27)28/h3-14H,2H2,1H3,(H,23,25). The summed E-state index contributed by atoms with van der Waals surface area (Å²) in [5, 5.41) is 15.7. The maximum Gasteiger partial charge on any atom is 0.341 e. The number of nitro benzene ring substituents is 1. The summed E-state index contributed by atoms with van der Waals surface area (Å²) in [6.07, 6.45) is 2.73. The molecule has 3 aromatic rings. The van der Waals surface area contributed by atoms with Crippen molar-refractivity contribution in [2.24, 2.45) is 0 Å². The topological polar surface area (TPSA) is 98.5 Å². The third-order valence-electron chi connectivity index (χ3n) is 4.10. The molecule has 152 valence electrons. The summed E-state index contributed by atoms with van der Waals surface area (Å²) in [6, 6.07) is 15.3. The van der Waals surface area contributed by atoms with Crippen LogP contribution in [0, 0.1) is 10.1 Å². The molecule has 0 fully saturated rings. The van der Waals surface area contributed by atoms with E-state index in [4.69, 9.17) is 4.74 Å². The molecule has 1 N–H and O–H groups in total. The summed E-state index contributed by atoms with van der Waals surface area (Å²) < 4.78 is 5.17. The molecule has 0 aliphatic carbocycles. The molecule has 0 spiro atoms. The van der Waals surface area contributed by atoms with Gasteiger partial charge in [0, 0.05) is 29.2 Å². The Morgan fingerprint density at radius 2 is 1.93 bits per heavy atom. The van der Waals surface area contributed by atoms with Crippen molar-refractivity contribution in [2.75, 3.05) is 11.9 Å². The Labute approximate surface area is 176 Å². The molecule has 3 rings (SSSR count). The van der Waals surface area contributed by atoms with E-state index in [0.717, 1.165) is 5.56 Å². The molecule has 1 amide bonds. The van der Waals surface area contributed by atoms with Gasteiger partial charge in [-0.1, -0.05) is 42.5 Å². The number of carbonyl (C=O) groups is 2. The van der Waals surface area contributed by atoms with Crippen LogP contribution in [-0.2, 0) is 9.53 Å². The van der Waals surface area contributed by atoms with E-state index in [-0.39, 0.29) is 12.3 Å². The molecular weight excluding hydrogens is 404 g/mol. The molecule has 0 radical (unpaired) electrons. The number of carbonyl (C=O) groups excluding carboxylic acids is 2. The number of anilines is 1. The van der Waals surface area contributed by atoms with Crippen LogP contribution in [0.1, 0.15) is 22.8 Å². The van der Waals surface area contributed by atoms with Gasteiger partial charge >= 0.3 is 5.97 Å². The van der Waals surface area contributed by atoms with Gasteiger partial charge in [0.05, 0.1) is 11.5 Å². The Kier molecular flexibility index (Phi) is 6.71. The van der Waals surface area contributed by atoms with E-state index in [9.17, 15) is 19.7 Å². The highest BCUT2D eigenvalue weighted by atomic mass is 32.1. The summed E-state index contributed by atoms with van der Waals surface area (Å²) in [4.78, 5) is 35.3. The molecule has 30 heavy (non-hydrogen) atoms. The molecule has 0 aliphatic rings. The highest BCUT2D eigenvalue weighted by Crippen LogP contribution is 2.36. The van der Waals surface area contributed by atoms with Crippen LogP contribution < -0.4 is 5.32 Å². The number of non-ortho nitro benzene ring substituents is 1. The number of nitrogens with zero attached hydrogens (tertiary/aromatic N) is 1. The summed E-state index contributed by atoms with van der Waals surface area (Å²) in [5.41, 5.74) is 2.26. The lowest BCUT2D eigenvalue weighted by atomic mass is 10.0. The number of nitrogens with one attached hydrogen (secondary N) is 1. The molecule has 0 saturated carbocycles.